The predicted octanol–water partition coefficient (Wildman–Crippen LogP) is 0.203. The van der Waals surface area contributed by atoms with Crippen molar-refractivity contribution >= 4 is 34.7 Å². The molecule has 2 rings (SSSR count). The Labute approximate surface area is 109 Å². The van der Waals surface area contributed by atoms with Gasteiger partial charge in [0.2, 0.25) is 0 Å². The van der Waals surface area contributed by atoms with Gasteiger partial charge in [-0.3, -0.25) is 0 Å². The largest absolute Gasteiger partial charge is 0.330 e. The van der Waals surface area contributed by atoms with Crippen molar-refractivity contribution in [3.8, 4) is 0 Å². The summed E-state index contributed by atoms with van der Waals surface area (Å²) in [6, 6.07) is 0. The first-order valence-corrected chi connectivity index (χ1v) is 7.01. The van der Waals surface area contributed by atoms with Crippen molar-refractivity contribution in [1.29, 1.82) is 0 Å². The van der Waals surface area contributed by atoms with E-state index in [1.165, 1.54) is 0 Å². The van der Waals surface area contributed by atoms with Crippen LogP contribution in [0.2, 0.25) is 0 Å². The normalized spacial score (nSPS) is 30.4. The first-order valence-electron chi connectivity index (χ1n) is 5.19. The molecule has 0 amide bonds. The number of sulfone groups is 1. The van der Waals surface area contributed by atoms with E-state index in [0.29, 0.717) is 24.0 Å². The number of hydrogen-bond donors (Lipinski definition) is 2. The Balaban J connectivity index is 0.00000112. The molecule has 2 aliphatic heterocycles. The van der Waals surface area contributed by atoms with E-state index < -0.39 is 9.84 Å². The van der Waals surface area contributed by atoms with Gasteiger partial charge in [-0.2, -0.15) is 0 Å². The molecule has 0 aliphatic carbocycles. The van der Waals surface area contributed by atoms with E-state index in [1.54, 1.807) is 0 Å². The van der Waals surface area contributed by atoms with E-state index in [-0.39, 0.29) is 30.2 Å². The Morgan fingerprint density at radius 2 is 1.81 bits per heavy atom. The van der Waals surface area contributed by atoms with Crippen molar-refractivity contribution in [3.05, 3.63) is 0 Å². The van der Waals surface area contributed by atoms with Gasteiger partial charge in [-0.05, 0) is 37.3 Å². The number of nitrogens with one attached hydrogen (secondary N) is 1. The highest BCUT2D eigenvalue weighted by molar-refractivity contribution is 7.91. The third-order valence-electron chi connectivity index (χ3n) is 3.84. The zero-order valence-corrected chi connectivity index (χ0v) is 11.6. The molecule has 2 heterocycles. The van der Waals surface area contributed by atoms with Crippen molar-refractivity contribution in [3.63, 3.8) is 0 Å². The summed E-state index contributed by atoms with van der Waals surface area (Å²) in [5.74, 6) is 1.18. The minimum atomic E-state index is -2.75. The maximum Gasteiger partial charge on any atom is 0.150 e. The quantitative estimate of drug-likeness (QED) is 0.724. The SMILES string of the molecule is Cl.Cl.NCC1CNCC12CCS(=O)(=O)CC2. The number of hydrogen-bond acceptors (Lipinski definition) is 4. The van der Waals surface area contributed by atoms with Crippen LogP contribution < -0.4 is 11.1 Å². The van der Waals surface area contributed by atoms with Crippen LogP contribution in [0, 0.1) is 11.3 Å². The Morgan fingerprint density at radius 1 is 1.25 bits per heavy atom. The summed E-state index contributed by atoms with van der Waals surface area (Å²) < 4.78 is 22.7. The van der Waals surface area contributed by atoms with Crippen LogP contribution in [-0.4, -0.2) is 39.6 Å². The minimum absolute atomic E-state index is 0. The van der Waals surface area contributed by atoms with E-state index in [0.717, 1.165) is 25.9 Å². The molecule has 1 atom stereocenters. The molecule has 1 unspecified atom stereocenters. The topological polar surface area (TPSA) is 72.2 Å². The van der Waals surface area contributed by atoms with E-state index >= 15 is 0 Å². The van der Waals surface area contributed by atoms with Crippen LogP contribution in [0.4, 0.5) is 0 Å². The van der Waals surface area contributed by atoms with E-state index in [1.807, 2.05) is 0 Å². The number of halogens is 2. The van der Waals surface area contributed by atoms with Crippen LogP contribution in [0.25, 0.3) is 0 Å². The lowest BCUT2D eigenvalue weighted by atomic mass is 9.73. The van der Waals surface area contributed by atoms with Gasteiger partial charge in [0.25, 0.3) is 0 Å². The zero-order valence-electron chi connectivity index (χ0n) is 9.15. The molecule has 1 spiro atoms. The molecule has 2 fully saturated rings. The lowest BCUT2D eigenvalue weighted by Crippen LogP contribution is -2.41. The summed E-state index contributed by atoms with van der Waals surface area (Å²) in [5.41, 5.74) is 5.90. The summed E-state index contributed by atoms with van der Waals surface area (Å²) in [6.45, 7) is 2.58. The second-order valence-corrected chi connectivity index (χ2v) is 6.88. The minimum Gasteiger partial charge on any atom is -0.330 e. The first kappa shape index (κ1) is 16.4. The molecule has 2 aliphatic rings. The van der Waals surface area contributed by atoms with Gasteiger partial charge in [0.15, 0.2) is 0 Å². The molecule has 7 heteroatoms. The lowest BCUT2D eigenvalue weighted by Gasteiger charge is -2.37. The van der Waals surface area contributed by atoms with Crippen molar-refractivity contribution < 1.29 is 8.42 Å². The van der Waals surface area contributed by atoms with E-state index in [2.05, 4.69) is 5.32 Å². The van der Waals surface area contributed by atoms with Gasteiger partial charge in [-0.1, -0.05) is 0 Å². The molecule has 0 saturated carbocycles. The monoisotopic (exact) mass is 290 g/mol. The van der Waals surface area contributed by atoms with Crippen molar-refractivity contribution in [2.75, 3.05) is 31.1 Å². The number of nitrogens with two attached hydrogens (primary N) is 1. The van der Waals surface area contributed by atoms with Crippen LogP contribution in [0.1, 0.15) is 12.8 Å². The third kappa shape index (κ3) is 3.01. The maximum absolute atomic E-state index is 11.3. The summed E-state index contributed by atoms with van der Waals surface area (Å²) in [4.78, 5) is 0. The van der Waals surface area contributed by atoms with E-state index in [4.69, 9.17) is 5.73 Å². The van der Waals surface area contributed by atoms with Gasteiger partial charge >= 0.3 is 0 Å². The van der Waals surface area contributed by atoms with Gasteiger partial charge in [-0.25, -0.2) is 8.42 Å². The summed E-state index contributed by atoms with van der Waals surface area (Å²) in [6.07, 6.45) is 1.59. The first-order chi connectivity index (χ1) is 6.58. The van der Waals surface area contributed by atoms with Crippen LogP contribution in [0.5, 0.6) is 0 Å². The average molecular weight is 291 g/mol. The highest BCUT2D eigenvalue weighted by Crippen LogP contribution is 2.41. The number of rotatable bonds is 1. The Morgan fingerprint density at radius 3 is 2.31 bits per heavy atom. The Kier molecular flexibility index (Phi) is 6.03. The highest BCUT2D eigenvalue weighted by Gasteiger charge is 2.45. The van der Waals surface area contributed by atoms with Crippen molar-refractivity contribution in [1.82, 2.24) is 5.32 Å². The second-order valence-electron chi connectivity index (χ2n) is 4.58. The molecule has 0 aromatic rings. The maximum atomic E-state index is 11.3. The van der Waals surface area contributed by atoms with Gasteiger partial charge in [0.1, 0.15) is 9.84 Å². The molecule has 4 nitrogen and oxygen atoms in total. The molecule has 0 radical (unpaired) electrons. The van der Waals surface area contributed by atoms with Crippen LogP contribution in [-0.2, 0) is 9.84 Å². The predicted molar refractivity (Wildman–Crippen MR) is 70.2 cm³/mol. The molecule has 3 N–H and O–H groups in total. The molecule has 16 heavy (non-hydrogen) atoms. The molecular formula is C9H20Cl2N2O2S. The lowest BCUT2D eigenvalue weighted by molar-refractivity contribution is 0.205. The fourth-order valence-corrected chi connectivity index (χ4v) is 4.36. The van der Waals surface area contributed by atoms with Gasteiger partial charge < -0.3 is 11.1 Å². The zero-order chi connectivity index (χ0) is 10.2. The van der Waals surface area contributed by atoms with Crippen LogP contribution >= 0.6 is 24.8 Å². The second kappa shape index (κ2) is 5.87. The summed E-state index contributed by atoms with van der Waals surface area (Å²) >= 11 is 0. The van der Waals surface area contributed by atoms with Gasteiger partial charge in [0.05, 0.1) is 11.5 Å². The molecule has 98 valence electrons. The third-order valence-corrected chi connectivity index (χ3v) is 5.49. The van der Waals surface area contributed by atoms with Crippen LogP contribution in [0.3, 0.4) is 0 Å². The Bertz CT molecular complexity index is 307. The summed E-state index contributed by atoms with van der Waals surface area (Å²) in [5, 5.41) is 3.34. The highest BCUT2D eigenvalue weighted by atomic mass is 35.5. The van der Waals surface area contributed by atoms with Gasteiger partial charge in [-0.15, -0.1) is 24.8 Å². The molecule has 0 bridgehead atoms. The van der Waals surface area contributed by atoms with Crippen LogP contribution in [0.15, 0.2) is 0 Å². The van der Waals surface area contributed by atoms with Gasteiger partial charge in [0, 0.05) is 6.54 Å². The smallest absolute Gasteiger partial charge is 0.150 e. The van der Waals surface area contributed by atoms with Crippen molar-refractivity contribution in [2.24, 2.45) is 17.1 Å². The molecule has 0 aromatic heterocycles. The standard InChI is InChI=1S/C9H18N2O2S.2ClH/c10-5-8-6-11-7-9(8)1-3-14(12,13)4-2-9;;/h8,11H,1-7,10H2;2*1H. The molecule has 0 aromatic carbocycles. The average Bonchev–Trinajstić information content (AvgIpc) is 2.54. The Hall–Kier alpha value is 0.450. The summed E-state index contributed by atoms with van der Waals surface area (Å²) in [7, 11) is -2.75. The van der Waals surface area contributed by atoms with E-state index in [9.17, 15) is 8.42 Å². The fraction of sp³-hybridized carbons (Fsp3) is 1.00. The molecular weight excluding hydrogens is 271 g/mol. The fourth-order valence-electron chi connectivity index (χ4n) is 2.72. The molecule has 2 saturated heterocycles. The van der Waals surface area contributed by atoms with Crippen molar-refractivity contribution in [2.45, 2.75) is 12.8 Å².